The molecule has 0 spiro atoms. The van der Waals surface area contributed by atoms with Crippen molar-refractivity contribution in [2.24, 2.45) is 0 Å². The van der Waals surface area contributed by atoms with E-state index in [1.165, 1.54) is 18.2 Å². The van der Waals surface area contributed by atoms with Crippen molar-refractivity contribution in [2.75, 3.05) is 5.73 Å². The van der Waals surface area contributed by atoms with Crippen LogP contribution in [0.15, 0.2) is 27.4 Å². The molecule has 0 amide bonds. The first-order chi connectivity index (χ1) is 7.87. The highest BCUT2D eigenvalue weighted by Gasteiger charge is 2.27. The minimum atomic E-state index is -4.31. The maximum Gasteiger partial charge on any atom is 0.419 e. The van der Waals surface area contributed by atoms with Crippen molar-refractivity contribution in [1.29, 1.82) is 0 Å². The Morgan fingerprint density at radius 3 is 2.71 bits per heavy atom. The molecule has 7 heteroatoms. The molecule has 0 saturated carbocycles. The minimum Gasteiger partial charge on any atom is -0.408 e. The SMILES string of the molecule is Nc1ccc2c(c1)oc(=O)n2CCC(F)(F)F. The predicted molar refractivity (Wildman–Crippen MR) is 55.6 cm³/mol. The summed E-state index contributed by atoms with van der Waals surface area (Å²) in [5.41, 5.74) is 6.36. The monoisotopic (exact) mass is 246 g/mol. The van der Waals surface area contributed by atoms with Crippen LogP contribution in [0.2, 0.25) is 0 Å². The van der Waals surface area contributed by atoms with Crippen LogP contribution in [0, 0.1) is 0 Å². The van der Waals surface area contributed by atoms with Crippen LogP contribution in [-0.2, 0) is 6.54 Å². The fraction of sp³-hybridized carbons (Fsp3) is 0.300. The summed E-state index contributed by atoms with van der Waals surface area (Å²) in [6.07, 6.45) is -5.39. The van der Waals surface area contributed by atoms with Crippen molar-refractivity contribution in [3.63, 3.8) is 0 Å². The van der Waals surface area contributed by atoms with Gasteiger partial charge in [0.05, 0.1) is 11.9 Å². The first kappa shape index (κ1) is 11.6. The number of hydrogen-bond acceptors (Lipinski definition) is 3. The number of oxazole rings is 1. The zero-order chi connectivity index (χ0) is 12.6. The predicted octanol–water partition coefficient (Wildman–Crippen LogP) is 2.13. The van der Waals surface area contributed by atoms with Gasteiger partial charge in [0, 0.05) is 18.3 Å². The van der Waals surface area contributed by atoms with Gasteiger partial charge in [-0.25, -0.2) is 4.79 Å². The van der Waals surface area contributed by atoms with Gasteiger partial charge in [-0.3, -0.25) is 4.57 Å². The molecule has 4 nitrogen and oxygen atoms in total. The van der Waals surface area contributed by atoms with E-state index < -0.39 is 24.9 Å². The molecule has 1 aromatic carbocycles. The average molecular weight is 246 g/mol. The van der Waals surface area contributed by atoms with Gasteiger partial charge in [0.1, 0.15) is 0 Å². The number of fused-ring (bicyclic) bond motifs is 1. The minimum absolute atomic E-state index is 0.192. The van der Waals surface area contributed by atoms with E-state index in [0.29, 0.717) is 11.2 Å². The second-order valence-corrected chi connectivity index (χ2v) is 3.61. The summed E-state index contributed by atoms with van der Waals surface area (Å²) in [6, 6.07) is 4.37. The molecule has 0 aliphatic carbocycles. The Balaban J connectivity index is 2.40. The van der Waals surface area contributed by atoms with Gasteiger partial charge in [-0.15, -0.1) is 0 Å². The molecule has 92 valence electrons. The standard InChI is InChI=1S/C10H9F3N2O2/c11-10(12,13)3-4-15-7-2-1-6(14)5-8(7)17-9(15)16/h1-2,5H,3-4,14H2. The first-order valence-corrected chi connectivity index (χ1v) is 4.82. The van der Waals surface area contributed by atoms with Gasteiger partial charge >= 0.3 is 11.9 Å². The number of halogens is 3. The molecule has 0 unspecified atom stereocenters. The van der Waals surface area contributed by atoms with E-state index >= 15 is 0 Å². The van der Waals surface area contributed by atoms with Gasteiger partial charge in [-0.1, -0.05) is 0 Å². The van der Waals surface area contributed by atoms with Crippen LogP contribution >= 0.6 is 0 Å². The molecule has 0 atom stereocenters. The highest BCUT2D eigenvalue weighted by Crippen LogP contribution is 2.22. The van der Waals surface area contributed by atoms with Gasteiger partial charge < -0.3 is 10.2 Å². The molecular formula is C10H9F3N2O2. The molecule has 17 heavy (non-hydrogen) atoms. The van der Waals surface area contributed by atoms with Crippen LogP contribution in [0.4, 0.5) is 18.9 Å². The fourth-order valence-corrected chi connectivity index (χ4v) is 1.53. The van der Waals surface area contributed by atoms with E-state index in [1.54, 1.807) is 0 Å². The van der Waals surface area contributed by atoms with Crippen molar-refractivity contribution in [1.82, 2.24) is 4.57 Å². The molecule has 1 heterocycles. The largest absolute Gasteiger partial charge is 0.419 e. The fourth-order valence-electron chi connectivity index (χ4n) is 1.53. The maximum atomic E-state index is 12.1. The highest BCUT2D eigenvalue weighted by atomic mass is 19.4. The lowest BCUT2D eigenvalue weighted by Gasteiger charge is -2.06. The van der Waals surface area contributed by atoms with Crippen molar-refractivity contribution in [3.05, 3.63) is 28.7 Å². The Hall–Kier alpha value is -1.92. The number of nitrogens with zero attached hydrogens (tertiary/aromatic N) is 1. The van der Waals surface area contributed by atoms with E-state index in [0.717, 1.165) is 4.57 Å². The first-order valence-electron chi connectivity index (χ1n) is 4.82. The molecular weight excluding hydrogens is 237 g/mol. The number of aryl methyl sites for hydroxylation is 1. The Morgan fingerprint density at radius 1 is 1.35 bits per heavy atom. The van der Waals surface area contributed by atoms with Crippen molar-refractivity contribution >= 4 is 16.8 Å². The van der Waals surface area contributed by atoms with Crippen molar-refractivity contribution in [2.45, 2.75) is 19.1 Å². The second-order valence-electron chi connectivity index (χ2n) is 3.61. The van der Waals surface area contributed by atoms with Crippen LogP contribution in [0.1, 0.15) is 6.42 Å². The summed E-state index contributed by atoms with van der Waals surface area (Å²) in [7, 11) is 0. The van der Waals surface area contributed by atoms with Crippen molar-refractivity contribution in [3.8, 4) is 0 Å². The van der Waals surface area contributed by atoms with Crippen LogP contribution in [0.5, 0.6) is 0 Å². The van der Waals surface area contributed by atoms with E-state index in [9.17, 15) is 18.0 Å². The molecule has 0 bridgehead atoms. The molecule has 2 rings (SSSR count). The Bertz CT molecular complexity index is 598. The Morgan fingerprint density at radius 2 is 2.06 bits per heavy atom. The second kappa shape index (κ2) is 3.83. The number of nitrogen functional groups attached to an aromatic ring is 1. The van der Waals surface area contributed by atoms with E-state index in [1.807, 2.05) is 0 Å². The summed E-state index contributed by atoms with van der Waals surface area (Å²) >= 11 is 0. The number of benzene rings is 1. The molecule has 2 N–H and O–H groups in total. The lowest BCUT2D eigenvalue weighted by molar-refractivity contribution is -0.136. The smallest absolute Gasteiger partial charge is 0.408 e. The van der Waals surface area contributed by atoms with Crippen LogP contribution in [0.3, 0.4) is 0 Å². The molecule has 0 fully saturated rings. The van der Waals surface area contributed by atoms with E-state index in [2.05, 4.69) is 0 Å². The van der Waals surface area contributed by atoms with Gasteiger partial charge in [0.2, 0.25) is 0 Å². The number of alkyl halides is 3. The third-order valence-electron chi connectivity index (χ3n) is 2.31. The average Bonchev–Trinajstić information content (AvgIpc) is 2.48. The Kier molecular flexibility index (Phi) is 2.60. The Labute approximate surface area is 93.4 Å². The number of nitrogens with two attached hydrogens (primary N) is 1. The lowest BCUT2D eigenvalue weighted by Crippen LogP contribution is -2.19. The van der Waals surface area contributed by atoms with Crippen LogP contribution < -0.4 is 11.5 Å². The van der Waals surface area contributed by atoms with Gasteiger partial charge in [-0.2, -0.15) is 13.2 Å². The molecule has 0 radical (unpaired) electrons. The quantitative estimate of drug-likeness (QED) is 0.825. The van der Waals surface area contributed by atoms with Gasteiger partial charge in [0.15, 0.2) is 5.58 Å². The number of anilines is 1. The summed E-state index contributed by atoms with van der Waals surface area (Å²) < 4.78 is 42.0. The van der Waals surface area contributed by atoms with Crippen molar-refractivity contribution < 1.29 is 17.6 Å². The van der Waals surface area contributed by atoms with Crippen LogP contribution in [0.25, 0.3) is 11.1 Å². The molecule has 0 aliphatic rings. The molecule has 0 aliphatic heterocycles. The third-order valence-corrected chi connectivity index (χ3v) is 2.31. The zero-order valence-electron chi connectivity index (χ0n) is 8.62. The lowest BCUT2D eigenvalue weighted by atomic mass is 10.3. The van der Waals surface area contributed by atoms with E-state index in [-0.39, 0.29) is 5.58 Å². The number of rotatable bonds is 2. The normalized spacial score (nSPS) is 12.2. The zero-order valence-corrected chi connectivity index (χ0v) is 8.62. The summed E-state index contributed by atoms with van der Waals surface area (Å²) in [5.74, 6) is -0.810. The summed E-state index contributed by atoms with van der Waals surface area (Å²) in [5, 5.41) is 0. The number of aromatic nitrogens is 1. The third kappa shape index (κ3) is 2.43. The molecule has 0 saturated heterocycles. The van der Waals surface area contributed by atoms with Crippen LogP contribution in [-0.4, -0.2) is 10.7 Å². The van der Waals surface area contributed by atoms with Gasteiger partial charge in [-0.05, 0) is 12.1 Å². The topological polar surface area (TPSA) is 61.2 Å². The molecule has 2 aromatic rings. The summed E-state index contributed by atoms with van der Waals surface area (Å²) in [4.78, 5) is 11.4. The molecule has 1 aromatic heterocycles. The number of hydrogen-bond donors (Lipinski definition) is 1. The van der Waals surface area contributed by atoms with Gasteiger partial charge in [0.25, 0.3) is 0 Å². The van der Waals surface area contributed by atoms with E-state index in [4.69, 9.17) is 10.2 Å². The summed E-state index contributed by atoms with van der Waals surface area (Å²) in [6.45, 7) is -0.459. The maximum absolute atomic E-state index is 12.1. The highest BCUT2D eigenvalue weighted by molar-refractivity contribution is 5.76.